The summed E-state index contributed by atoms with van der Waals surface area (Å²) in [6, 6.07) is 0.594. The van der Waals surface area contributed by atoms with Crippen molar-refractivity contribution < 1.29 is 0 Å². The van der Waals surface area contributed by atoms with Crippen LogP contribution >= 0.6 is 0 Å². The molecule has 2 rings (SSSR count). The first kappa shape index (κ1) is 9.65. The number of aromatic nitrogens is 3. The summed E-state index contributed by atoms with van der Waals surface area (Å²) >= 11 is 0. The van der Waals surface area contributed by atoms with Crippen LogP contribution in [0.4, 0.5) is 0 Å². The van der Waals surface area contributed by atoms with Gasteiger partial charge in [0.25, 0.3) is 0 Å². The Kier molecular flexibility index (Phi) is 3.14. The molecule has 78 valence electrons. The zero-order valence-corrected chi connectivity index (χ0v) is 8.69. The van der Waals surface area contributed by atoms with E-state index < -0.39 is 0 Å². The molecular weight excluding hydrogens is 176 g/mol. The van der Waals surface area contributed by atoms with Gasteiger partial charge in [0.15, 0.2) is 0 Å². The first-order valence-electron chi connectivity index (χ1n) is 5.46. The van der Waals surface area contributed by atoms with Crippen LogP contribution in [0.5, 0.6) is 0 Å². The van der Waals surface area contributed by atoms with Gasteiger partial charge in [-0.1, -0.05) is 6.92 Å². The van der Waals surface area contributed by atoms with Crippen molar-refractivity contribution in [1.29, 1.82) is 0 Å². The number of hydrogen-bond donors (Lipinski definition) is 1. The Morgan fingerprint density at radius 3 is 3.00 bits per heavy atom. The van der Waals surface area contributed by atoms with E-state index in [1.165, 1.54) is 19.3 Å². The van der Waals surface area contributed by atoms with Crippen molar-refractivity contribution in [1.82, 2.24) is 20.1 Å². The second kappa shape index (κ2) is 4.55. The smallest absolute Gasteiger partial charge is 0.137 e. The van der Waals surface area contributed by atoms with Gasteiger partial charge in [-0.25, -0.2) is 4.98 Å². The SMILES string of the molecule is CCCNC(Cn1cncn1)C1CC1. The Bertz CT molecular complexity index is 253. The molecule has 1 heterocycles. The van der Waals surface area contributed by atoms with Crippen LogP contribution in [0.25, 0.3) is 0 Å². The van der Waals surface area contributed by atoms with E-state index in [-0.39, 0.29) is 0 Å². The Labute approximate surface area is 84.7 Å². The van der Waals surface area contributed by atoms with Crippen molar-refractivity contribution >= 4 is 0 Å². The van der Waals surface area contributed by atoms with Crippen LogP contribution in [0.2, 0.25) is 0 Å². The summed E-state index contributed by atoms with van der Waals surface area (Å²) in [6.45, 7) is 4.27. The van der Waals surface area contributed by atoms with Crippen LogP contribution in [0.3, 0.4) is 0 Å². The number of hydrogen-bond acceptors (Lipinski definition) is 3. The maximum Gasteiger partial charge on any atom is 0.137 e. The summed E-state index contributed by atoms with van der Waals surface area (Å²) in [6.07, 6.45) is 7.33. The highest BCUT2D eigenvalue weighted by Crippen LogP contribution is 2.33. The first-order chi connectivity index (χ1) is 6.90. The molecule has 1 N–H and O–H groups in total. The van der Waals surface area contributed by atoms with Crippen molar-refractivity contribution in [2.75, 3.05) is 6.54 Å². The summed E-state index contributed by atoms with van der Waals surface area (Å²) < 4.78 is 1.92. The molecule has 0 aliphatic heterocycles. The molecule has 1 fully saturated rings. The average Bonchev–Trinajstić information content (AvgIpc) is 2.92. The average molecular weight is 194 g/mol. The minimum absolute atomic E-state index is 0.594. The second-order valence-electron chi connectivity index (χ2n) is 4.02. The molecule has 4 nitrogen and oxygen atoms in total. The third-order valence-corrected chi connectivity index (χ3v) is 2.70. The molecule has 0 radical (unpaired) electrons. The van der Waals surface area contributed by atoms with Crippen molar-refractivity contribution in [3.05, 3.63) is 12.7 Å². The highest BCUT2D eigenvalue weighted by molar-refractivity contribution is 4.86. The molecule has 1 atom stereocenters. The summed E-state index contributed by atoms with van der Waals surface area (Å²) in [7, 11) is 0. The van der Waals surface area contributed by atoms with Gasteiger partial charge >= 0.3 is 0 Å². The molecule has 4 heteroatoms. The van der Waals surface area contributed by atoms with Gasteiger partial charge in [-0.2, -0.15) is 5.10 Å². The lowest BCUT2D eigenvalue weighted by Gasteiger charge is -2.17. The Hall–Kier alpha value is -0.900. The molecule has 1 aliphatic rings. The summed E-state index contributed by atoms with van der Waals surface area (Å²) in [5.74, 6) is 0.866. The maximum absolute atomic E-state index is 4.14. The normalized spacial score (nSPS) is 18.4. The monoisotopic (exact) mass is 194 g/mol. The molecule has 1 aromatic heterocycles. The molecular formula is C10H18N4. The number of nitrogens with zero attached hydrogens (tertiary/aromatic N) is 3. The molecule has 0 aromatic carbocycles. The molecule has 14 heavy (non-hydrogen) atoms. The quantitative estimate of drug-likeness (QED) is 0.736. The Morgan fingerprint density at radius 1 is 1.57 bits per heavy atom. The minimum atomic E-state index is 0.594. The van der Waals surface area contributed by atoms with Gasteiger partial charge in [0, 0.05) is 6.04 Å². The van der Waals surface area contributed by atoms with E-state index in [1.807, 2.05) is 4.68 Å². The summed E-state index contributed by atoms with van der Waals surface area (Å²) in [5, 5.41) is 7.72. The van der Waals surface area contributed by atoms with E-state index in [1.54, 1.807) is 12.7 Å². The van der Waals surface area contributed by atoms with E-state index >= 15 is 0 Å². The highest BCUT2D eigenvalue weighted by Gasteiger charge is 2.30. The van der Waals surface area contributed by atoms with Crippen molar-refractivity contribution in [2.24, 2.45) is 5.92 Å². The number of rotatable bonds is 6. The van der Waals surface area contributed by atoms with Crippen LogP contribution in [0.15, 0.2) is 12.7 Å². The van der Waals surface area contributed by atoms with Gasteiger partial charge in [0.2, 0.25) is 0 Å². The molecule has 1 aromatic rings. The van der Waals surface area contributed by atoms with Crippen LogP contribution in [0.1, 0.15) is 26.2 Å². The first-order valence-corrected chi connectivity index (χ1v) is 5.46. The maximum atomic E-state index is 4.14. The fourth-order valence-electron chi connectivity index (χ4n) is 1.74. The number of nitrogens with one attached hydrogen (secondary N) is 1. The van der Waals surface area contributed by atoms with Gasteiger partial charge < -0.3 is 5.32 Å². The van der Waals surface area contributed by atoms with E-state index in [0.29, 0.717) is 6.04 Å². The molecule has 1 unspecified atom stereocenters. The molecule has 0 spiro atoms. The second-order valence-corrected chi connectivity index (χ2v) is 4.02. The topological polar surface area (TPSA) is 42.7 Å². The largest absolute Gasteiger partial charge is 0.312 e. The van der Waals surface area contributed by atoms with Gasteiger partial charge in [0.1, 0.15) is 12.7 Å². The predicted octanol–water partition coefficient (Wildman–Crippen LogP) is 1.06. The lowest BCUT2D eigenvalue weighted by atomic mass is 10.2. The zero-order chi connectivity index (χ0) is 9.80. The van der Waals surface area contributed by atoms with E-state index in [4.69, 9.17) is 0 Å². The zero-order valence-electron chi connectivity index (χ0n) is 8.69. The summed E-state index contributed by atoms with van der Waals surface area (Å²) in [4.78, 5) is 3.96. The predicted molar refractivity (Wildman–Crippen MR) is 54.8 cm³/mol. The van der Waals surface area contributed by atoms with Gasteiger partial charge in [-0.15, -0.1) is 0 Å². The van der Waals surface area contributed by atoms with Crippen LogP contribution in [0, 0.1) is 5.92 Å². The molecule has 0 bridgehead atoms. The third-order valence-electron chi connectivity index (χ3n) is 2.70. The molecule has 0 saturated heterocycles. The van der Waals surface area contributed by atoms with Crippen molar-refractivity contribution in [2.45, 2.75) is 38.8 Å². The lowest BCUT2D eigenvalue weighted by molar-refractivity contribution is 0.389. The van der Waals surface area contributed by atoms with Crippen molar-refractivity contribution in [3.63, 3.8) is 0 Å². The van der Waals surface area contributed by atoms with Gasteiger partial charge in [0.05, 0.1) is 6.54 Å². The van der Waals surface area contributed by atoms with Crippen LogP contribution < -0.4 is 5.32 Å². The Morgan fingerprint density at radius 2 is 2.43 bits per heavy atom. The fraction of sp³-hybridized carbons (Fsp3) is 0.800. The van der Waals surface area contributed by atoms with Crippen LogP contribution in [-0.2, 0) is 6.54 Å². The van der Waals surface area contributed by atoms with E-state index in [2.05, 4.69) is 22.3 Å². The standard InChI is InChI=1S/C10H18N4/c1-2-5-12-10(9-3-4-9)6-14-8-11-7-13-14/h7-10,12H,2-6H2,1H3. The van der Waals surface area contributed by atoms with Gasteiger partial charge in [-0.3, -0.25) is 4.68 Å². The van der Waals surface area contributed by atoms with E-state index in [9.17, 15) is 0 Å². The fourth-order valence-corrected chi connectivity index (χ4v) is 1.74. The molecule has 0 amide bonds. The lowest BCUT2D eigenvalue weighted by Crippen LogP contribution is -2.35. The van der Waals surface area contributed by atoms with Crippen LogP contribution in [-0.4, -0.2) is 27.4 Å². The highest BCUT2D eigenvalue weighted by atomic mass is 15.3. The van der Waals surface area contributed by atoms with Gasteiger partial charge in [-0.05, 0) is 31.7 Å². The van der Waals surface area contributed by atoms with E-state index in [0.717, 1.165) is 19.0 Å². The van der Waals surface area contributed by atoms with Crippen molar-refractivity contribution in [3.8, 4) is 0 Å². The minimum Gasteiger partial charge on any atom is -0.312 e. The third kappa shape index (κ3) is 2.54. The molecule has 1 saturated carbocycles. The molecule has 1 aliphatic carbocycles. The summed E-state index contributed by atoms with van der Waals surface area (Å²) in [5.41, 5.74) is 0. The Balaban J connectivity index is 1.84.